The number of benzene rings is 2. The zero-order valence-electron chi connectivity index (χ0n) is 19.6. The molecule has 0 radical (unpaired) electrons. The number of hydrogen-bond donors (Lipinski definition) is 1. The zero-order valence-corrected chi connectivity index (χ0v) is 21.1. The Bertz CT molecular complexity index is 1190. The summed E-state index contributed by atoms with van der Waals surface area (Å²) in [6.07, 6.45) is 2.05. The minimum absolute atomic E-state index is 0.0894. The molecule has 178 valence electrons. The van der Waals surface area contributed by atoms with Gasteiger partial charge in [-0.05, 0) is 59.9 Å². The Balaban J connectivity index is 0.000000287. The number of amides is 1. The maximum absolute atomic E-state index is 12.9. The molecule has 0 bridgehead atoms. The topological polar surface area (TPSA) is 83.0 Å². The van der Waals surface area contributed by atoms with Crippen molar-refractivity contribution >= 4 is 34.9 Å². The van der Waals surface area contributed by atoms with Crippen LogP contribution in [0.3, 0.4) is 0 Å². The van der Waals surface area contributed by atoms with Gasteiger partial charge in [0.15, 0.2) is 0 Å². The summed E-state index contributed by atoms with van der Waals surface area (Å²) in [4.78, 5) is 17.9. The maximum Gasteiger partial charge on any atom is 0.253 e. The van der Waals surface area contributed by atoms with E-state index in [-0.39, 0.29) is 16.8 Å². The number of carbonyl (C=O) groups is 1. The fraction of sp³-hybridized carbons (Fsp3) is 0.269. The average Bonchev–Trinajstić information content (AvgIpc) is 2.81. The number of aromatic nitrogens is 1. The van der Waals surface area contributed by atoms with Crippen LogP contribution in [0.5, 0.6) is 0 Å². The van der Waals surface area contributed by atoms with E-state index >= 15 is 0 Å². The van der Waals surface area contributed by atoms with Crippen LogP contribution in [-0.4, -0.2) is 29.4 Å². The number of nitriles is 1. The van der Waals surface area contributed by atoms with E-state index in [1.165, 1.54) is 12.1 Å². The highest BCUT2D eigenvalue weighted by molar-refractivity contribution is 6.36. The summed E-state index contributed by atoms with van der Waals surface area (Å²) in [6.45, 7) is 6.19. The first-order chi connectivity index (χ1) is 16.1. The molecule has 0 spiro atoms. The molecule has 1 aromatic heterocycles. The lowest BCUT2D eigenvalue weighted by Gasteiger charge is -2.15. The molecule has 3 rings (SSSR count). The first-order valence-electron chi connectivity index (χ1n) is 10.6. The van der Waals surface area contributed by atoms with Gasteiger partial charge in [-0.15, -0.1) is 0 Å². The van der Waals surface area contributed by atoms with Crippen LogP contribution in [0, 0.1) is 24.1 Å². The van der Waals surface area contributed by atoms with E-state index in [4.69, 9.17) is 34.2 Å². The van der Waals surface area contributed by atoms with Crippen LogP contribution in [-0.2, 0) is 0 Å². The van der Waals surface area contributed by atoms with Gasteiger partial charge in [0, 0.05) is 35.9 Å². The first kappa shape index (κ1) is 27.1. The van der Waals surface area contributed by atoms with Crippen molar-refractivity contribution in [1.82, 2.24) is 9.88 Å². The van der Waals surface area contributed by atoms with Gasteiger partial charge in [0.1, 0.15) is 11.6 Å². The van der Waals surface area contributed by atoms with Crippen LogP contribution in [0.15, 0.2) is 48.7 Å². The lowest BCUT2D eigenvalue weighted by atomic mass is 10.0. The number of hydrogen-bond acceptors (Lipinski definition) is 4. The molecule has 0 aliphatic heterocycles. The van der Waals surface area contributed by atoms with Gasteiger partial charge in [0.2, 0.25) is 0 Å². The third kappa shape index (κ3) is 6.93. The van der Waals surface area contributed by atoms with E-state index in [0.717, 1.165) is 16.7 Å². The molecule has 2 aromatic carbocycles. The van der Waals surface area contributed by atoms with Crippen LogP contribution in [0.4, 0.5) is 10.2 Å². The molecule has 3 aromatic rings. The fourth-order valence-corrected chi connectivity index (χ4v) is 3.97. The van der Waals surface area contributed by atoms with Gasteiger partial charge in [0.05, 0.1) is 17.5 Å². The SMILES string of the molecule is CC(C)c1c(Cl)ccc(F)c1Cl.Cc1cc(-c2ccc(C(=O)N(C)CCC#N)cc2)cnc1N. The highest BCUT2D eigenvalue weighted by atomic mass is 35.5. The summed E-state index contributed by atoms with van der Waals surface area (Å²) in [7, 11) is 1.70. The van der Waals surface area contributed by atoms with Crippen molar-refractivity contribution in [2.24, 2.45) is 0 Å². The van der Waals surface area contributed by atoms with Crippen molar-refractivity contribution < 1.29 is 9.18 Å². The van der Waals surface area contributed by atoms with Crippen LogP contribution in [0.2, 0.25) is 10.0 Å². The van der Waals surface area contributed by atoms with Crippen LogP contribution in [0.1, 0.15) is 47.7 Å². The molecule has 0 aliphatic rings. The molecule has 1 heterocycles. The van der Waals surface area contributed by atoms with Crippen LogP contribution in [0.25, 0.3) is 11.1 Å². The van der Waals surface area contributed by atoms with Crippen molar-refractivity contribution in [1.29, 1.82) is 5.26 Å². The number of pyridine rings is 1. The van der Waals surface area contributed by atoms with Crippen molar-refractivity contribution in [3.8, 4) is 17.2 Å². The molecule has 0 atom stereocenters. The molecule has 0 saturated heterocycles. The Morgan fingerprint density at radius 3 is 2.35 bits per heavy atom. The third-order valence-corrected chi connectivity index (χ3v) is 5.86. The quantitative estimate of drug-likeness (QED) is 0.387. The summed E-state index contributed by atoms with van der Waals surface area (Å²) in [5.74, 6) is 0.161. The molecule has 2 N–H and O–H groups in total. The van der Waals surface area contributed by atoms with E-state index < -0.39 is 5.82 Å². The lowest BCUT2D eigenvalue weighted by Crippen LogP contribution is -2.27. The number of nitrogens with two attached hydrogens (primary N) is 1. The summed E-state index contributed by atoms with van der Waals surface area (Å²) in [6, 6.07) is 14.1. The maximum atomic E-state index is 12.9. The summed E-state index contributed by atoms with van der Waals surface area (Å²) < 4.78 is 12.9. The Kier molecular flexibility index (Phi) is 9.85. The first-order valence-corrected chi connectivity index (χ1v) is 11.4. The second-order valence-electron chi connectivity index (χ2n) is 8.05. The Morgan fingerprint density at radius 2 is 1.82 bits per heavy atom. The number of carbonyl (C=O) groups excluding carboxylic acids is 1. The van der Waals surface area contributed by atoms with Crippen LogP contribution < -0.4 is 5.73 Å². The summed E-state index contributed by atoms with van der Waals surface area (Å²) in [5, 5.41) is 9.23. The lowest BCUT2D eigenvalue weighted by molar-refractivity contribution is 0.0798. The van der Waals surface area contributed by atoms with Crippen LogP contribution >= 0.6 is 23.2 Å². The molecule has 0 saturated carbocycles. The fourth-order valence-electron chi connectivity index (χ4n) is 3.16. The number of anilines is 1. The largest absolute Gasteiger partial charge is 0.383 e. The smallest absolute Gasteiger partial charge is 0.253 e. The molecule has 5 nitrogen and oxygen atoms in total. The second kappa shape index (κ2) is 12.4. The van der Waals surface area contributed by atoms with E-state index in [0.29, 0.717) is 34.9 Å². The number of halogens is 3. The monoisotopic (exact) mass is 500 g/mol. The van der Waals surface area contributed by atoms with Gasteiger partial charge in [-0.3, -0.25) is 4.79 Å². The third-order valence-electron chi connectivity index (χ3n) is 5.15. The highest BCUT2D eigenvalue weighted by Gasteiger charge is 2.13. The summed E-state index contributed by atoms with van der Waals surface area (Å²) in [5.41, 5.74) is 9.86. The van der Waals surface area contributed by atoms with E-state index in [9.17, 15) is 9.18 Å². The van der Waals surface area contributed by atoms with Crippen molar-refractivity contribution in [2.75, 3.05) is 19.3 Å². The number of aryl methyl sites for hydroxylation is 1. The minimum Gasteiger partial charge on any atom is -0.383 e. The van der Waals surface area contributed by atoms with Crippen molar-refractivity contribution in [3.05, 3.63) is 81.2 Å². The number of nitrogens with zero attached hydrogens (tertiary/aromatic N) is 3. The van der Waals surface area contributed by atoms with Gasteiger partial charge in [0.25, 0.3) is 5.91 Å². The summed E-state index contributed by atoms with van der Waals surface area (Å²) >= 11 is 11.6. The normalized spacial score (nSPS) is 10.3. The molecule has 0 fully saturated rings. The zero-order chi connectivity index (χ0) is 25.4. The van der Waals surface area contributed by atoms with Gasteiger partial charge in [-0.1, -0.05) is 49.2 Å². The molecule has 0 unspecified atom stereocenters. The van der Waals surface area contributed by atoms with Gasteiger partial charge < -0.3 is 10.6 Å². The van der Waals surface area contributed by atoms with Gasteiger partial charge in [-0.25, -0.2) is 9.37 Å². The standard InChI is InChI=1S/C17H18N4O.C9H9Cl2F/c1-12-10-15(11-20-16(12)19)13-4-6-14(7-5-13)17(22)21(2)9-3-8-18;1-5(2)8-6(10)3-4-7(12)9(8)11/h4-7,10-11H,3,9H2,1-2H3,(H2,19,20);3-5H,1-2H3. The molecule has 1 amide bonds. The number of nitrogen functional groups attached to an aromatic ring is 1. The predicted octanol–water partition coefficient (Wildman–Crippen LogP) is 6.88. The number of rotatable bonds is 5. The average molecular weight is 501 g/mol. The predicted molar refractivity (Wildman–Crippen MR) is 137 cm³/mol. The molecule has 8 heteroatoms. The molecule has 34 heavy (non-hydrogen) atoms. The Morgan fingerprint density at radius 1 is 1.18 bits per heavy atom. The van der Waals surface area contributed by atoms with Gasteiger partial charge >= 0.3 is 0 Å². The molecular weight excluding hydrogens is 474 g/mol. The van der Waals surface area contributed by atoms with Crippen molar-refractivity contribution in [3.63, 3.8) is 0 Å². The van der Waals surface area contributed by atoms with Crippen molar-refractivity contribution in [2.45, 2.75) is 33.1 Å². The molecular formula is C26H27Cl2FN4O. The second-order valence-corrected chi connectivity index (χ2v) is 8.84. The molecule has 0 aliphatic carbocycles. The van der Waals surface area contributed by atoms with E-state index in [1.807, 2.05) is 45.0 Å². The highest BCUT2D eigenvalue weighted by Crippen LogP contribution is 2.32. The Hall–Kier alpha value is -3.14. The van der Waals surface area contributed by atoms with Gasteiger partial charge in [-0.2, -0.15) is 5.26 Å². The van der Waals surface area contributed by atoms with E-state index in [2.05, 4.69) is 4.98 Å². The van der Waals surface area contributed by atoms with E-state index in [1.54, 1.807) is 30.3 Å². The minimum atomic E-state index is -0.412. The Labute approximate surface area is 209 Å².